The smallest absolute Gasteiger partial charge is 0.287 e. The Morgan fingerprint density at radius 1 is 1.62 bits per heavy atom. The van der Waals surface area contributed by atoms with Gasteiger partial charge in [0.2, 0.25) is 0 Å². The highest BCUT2D eigenvalue weighted by Crippen LogP contribution is 2.11. The fourth-order valence-corrected chi connectivity index (χ4v) is 0.588. The van der Waals surface area contributed by atoms with Crippen LogP contribution < -0.4 is 0 Å². The Kier molecular flexibility index (Phi) is 5.05. The molecule has 0 aromatic carbocycles. The van der Waals surface area contributed by atoms with Crippen LogP contribution in [0.25, 0.3) is 0 Å². The Labute approximate surface area is 77.1 Å². The molecule has 13 heavy (non-hydrogen) atoms. The van der Waals surface area contributed by atoms with Gasteiger partial charge in [-0.15, -0.1) is 4.91 Å². The molecule has 0 radical (unpaired) electrons. The topological polar surface area (TPSA) is 106 Å². The first-order valence-corrected chi connectivity index (χ1v) is 3.22. The van der Waals surface area contributed by atoms with Gasteiger partial charge in [0.25, 0.3) is 5.69 Å². The molecule has 0 aliphatic rings. The average Bonchev–Trinajstić information content (AvgIpc) is 2.06. The maximum atomic E-state index is 10.0. The zero-order chi connectivity index (χ0) is 10.3. The van der Waals surface area contributed by atoms with E-state index in [4.69, 9.17) is 21.7 Å². The molecule has 0 aliphatic heterocycles. The summed E-state index contributed by atoms with van der Waals surface area (Å²) in [5.41, 5.74) is -0.0515. The second kappa shape index (κ2) is 5.84. The lowest BCUT2D eigenvalue weighted by molar-refractivity contribution is -0.385. The molecule has 0 spiro atoms. The summed E-state index contributed by atoms with van der Waals surface area (Å²) in [6.07, 6.45) is 1.11. The maximum absolute atomic E-state index is 10.0. The molecule has 0 fully saturated rings. The van der Waals surface area contributed by atoms with Gasteiger partial charge in [0.1, 0.15) is 11.3 Å². The van der Waals surface area contributed by atoms with Crippen LogP contribution in [0, 0.1) is 15.0 Å². The second-order valence-electron chi connectivity index (χ2n) is 1.68. The van der Waals surface area contributed by atoms with Gasteiger partial charge in [-0.05, 0) is 6.07 Å². The summed E-state index contributed by atoms with van der Waals surface area (Å²) in [4.78, 5) is 21.1. The maximum Gasteiger partial charge on any atom is 0.287 e. The minimum absolute atomic E-state index is 0.0515. The van der Waals surface area contributed by atoms with Gasteiger partial charge in [-0.3, -0.25) is 10.1 Å². The second-order valence-corrected chi connectivity index (χ2v) is 2.07. The van der Waals surface area contributed by atoms with Gasteiger partial charge in [0.05, 0.1) is 4.92 Å². The van der Waals surface area contributed by atoms with Crippen LogP contribution >= 0.6 is 11.6 Å². The number of nitro groups is 1. The molecule has 7 nitrogen and oxygen atoms in total. The predicted octanol–water partition coefficient (Wildman–Crippen LogP) is 1.79. The van der Waals surface area contributed by atoms with Crippen molar-refractivity contribution in [2.24, 2.45) is 5.34 Å². The van der Waals surface area contributed by atoms with Gasteiger partial charge in [-0.25, -0.2) is 4.98 Å². The Hall–Kier alpha value is -1.76. The molecule has 0 saturated carbocycles. The molecule has 0 atom stereocenters. The Morgan fingerprint density at radius 3 is 2.46 bits per heavy atom. The lowest BCUT2D eigenvalue weighted by Crippen LogP contribution is -1.87. The van der Waals surface area contributed by atoms with Gasteiger partial charge < -0.3 is 5.21 Å². The summed E-state index contributed by atoms with van der Waals surface area (Å²) in [7, 11) is 0. The molecule has 70 valence electrons. The summed E-state index contributed by atoms with van der Waals surface area (Å²) in [5, 5.41) is 18.2. The fraction of sp³-hybridized carbons (Fsp3) is 0. The first-order chi connectivity index (χ1) is 6.11. The number of nitrogens with zero attached hydrogens (tertiary/aromatic N) is 3. The van der Waals surface area contributed by atoms with Crippen LogP contribution in [0.15, 0.2) is 23.7 Å². The van der Waals surface area contributed by atoms with Crippen molar-refractivity contribution in [2.45, 2.75) is 0 Å². The van der Waals surface area contributed by atoms with E-state index in [1.807, 2.05) is 0 Å². The molecule has 0 bridgehead atoms. The minimum Gasteiger partial charge on any atom is -0.379 e. The van der Waals surface area contributed by atoms with E-state index in [0.29, 0.717) is 0 Å². The molecule has 0 amide bonds. The minimum atomic E-state index is -0.524. The average molecular weight is 206 g/mol. The van der Waals surface area contributed by atoms with E-state index in [0.717, 1.165) is 6.20 Å². The molecule has 8 heteroatoms. The molecule has 0 unspecified atom stereocenters. The van der Waals surface area contributed by atoms with E-state index < -0.39 is 4.92 Å². The number of pyridine rings is 1. The Bertz CT molecular complexity index is 288. The molecular weight excluding hydrogens is 202 g/mol. The molecular formula is C5H4ClN3O4. The van der Waals surface area contributed by atoms with Crippen molar-refractivity contribution in [3.05, 3.63) is 38.5 Å². The third kappa shape index (κ3) is 4.64. The number of hydrogen-bond donors (Lipinski definition) is 1. The molecule has 1 N–H and O–H groups in total. The van der Waals surface area contributed by atoms with Gasteiger partial charge in [0.15, 0.2) is 5.34 Å². The molecule has 1 aromatic heterocycles. The van der Waals surface area contributed by atoms with E-state index in [-0.39, 0.29) is 10.8 Å². The van der Waals surface area contributed by atoms with Crippen molar-refractivity contribution in [3.8, 4) is 0 Å². The summed E-state index contributed by atoms with van der Waals surface area (Å²) >= 11 is 5.38. The van der Waals surface area contributed by atoms with Gasteiger partial charge in [-0.1, -0.05) is 11.6 Å². The molecule has 1 rings (SSSR count). The van der Waals surface area contributed by atoms with Crippen molar-refractivity contribution in [3.63, 3.8) is 0 Å². The first-order valence-electron chi connectivity index (χ1n) is 2.84. The van der Waals surface area contributed by atoms with E-state index in [2.05, 4.69) is 4.98 Å². The Morgan fingerprint density at radius 2 is 2.15 bits per heavy atom. The zero-order valence-electron chi connectivity index (χ0n) is 6.12. The van der Waals surface area contributed by atoms with Gasteiger partial charge in [-0.2, -0.15) is 0 Å². The van der Waals surface area contributed by atoms with Crippen LogP contribution in [0.5, 0.6) is 0 Å². The van der Waals surface area contributed by atoms with Crippen LogP contribution in [0.2, 0.25) is 5.15 Å². The largest absolute Gasteiger partial charge is 0.379 e. The van der Waals surface area contributed by atoms with Crippen LogP contribution in [-0.2, 0) is 0 Å². The van der Waals surface area contributed by atoms with Gasteiger partial charge in [0, 0.05) is 6.07 Å². The predicted molar refractivity (Wildman–Crippen MR) is 43.5 cm³/mol. The van der Waals surface area contributed by atoms with Crippen molar-refractivity contribution in [1.82, 2.24) is 4.98 Å². The third-order valence-corrected chi connectivity index (χ3v) is 1.15. The summed E-state index contributed by atoms with van der Waals surface area (Å²) in [6, 6.07) is 2.68. The molecule has 1 aromatic rings. The number of rotatable bonds is 1. The van der Waals surface area contributed by atoms with E-state index in [1.165, 1.54) is 17.5 Å². The summed E-state index contributed by atoms with van der Waals surface area (Å²) < 4.78 is 0. The van der Waals surface area contributed by atoms with Crippen molar-refractivity contribution in [1.29, 1.82) is 0 Å². The van der Waals surface area contributed by atoms with E-state index in [1.54, 1.807) is 0 Å². The normalized spacial score (nSPS) is 8.08. The highest BCUT2D eigenvalue weighted by molar-refractivity contribution is 6.29. The van der Waals surface area contributed by atoms with Crippen molar-refractivity contribution >= 4 is 17.3 Å². The van der Waals surface area contributed by atoms with E-state index in [9.17, 15) is 10.1 Å². The summed E-state index contributed by atoms with van der Waals surface area (Å²) in [6.45, 7) is 0. The lowest BCUT2D eigenvalue weighted by Gasteiger charge is -1.88. The van der Waals surface area contributed by atoms with Gasteiger partial charge >= 0.3 is 0 Å². The number of halogens is 1. The van der Waals surface area contributed by atoms with Crippen LogP contribution in [-0.4, -0.2) is 15.1 Å². The molecule has 0 saturated heterocycles. The fourth-order valence-electron chi connectivity index (χ4n) is 0.476. The Balaban J connectivity index is 0.000000424. The van der Waals surface area contributed by atoms with Crippen LogP contribution in [0.4, 0.5) is 5.69 Å². The highest BCUT2D eigenvalue weighted by Gasteiger charge is 2.02. The number of hydrogen-bond acceptors (Lipinski definition) is 5. The lowest BCUT2D eigenvalue weighted by atomic mass is 10.4. The molecule has 0 aliphatic carbocycles. The zero-order valence-corrected chi connectivity index (χ0v) is 6.88. The first kappa shape index (κ1) is 11.2. The van der Waals surface area contributed by atoms with Crippen molar-refractivity contribution < 1.29 is 10.1 Å². The third-order valence-electron chi connectivity index (χ3n) is 0.923. The van der Waals surface area contributed by atoms with Crippen LogP contribution in [0.3, 0.4) is 0 Å². The standard InChI is InChI=1S/C5H3ClN2O2.HNO2/c6-5-2-1-4(3-7-5)8(9)10;2-1-3/h1-3H;(H,2,3). The molecule has 1 heterocycles. The summed E-state index contributed by atoms with van der Waals surface area (Å²) in [5.74, 6) is 0. The highest BCUT2D eigenvalue weighted by atomic mass is 35.5. The quantitative estimate of drug-likeness (QED) is 0.326. The monoisotopic (exact) mass is 205 g/mol. The van der Waals surface area contributed by atoms with Crippen LogP contribution in [0.1, 0.15) is 0 Å². The van der Waals surface area contributed by atoms with E-state index >= 15 is 0 Å². The van der Waals surface area contributed by atoms with Crippen molar-refractivity contribution in [2.75, 3.05) is 0 Å². The number of aromatic nitrogens is 1. The SMILES string of the molecule is O=NO.O=[N+]([O-])c1ccc(Cl)nc1.